The first-order valence-corrected chi connectivity index (χ1v) is 6.37. The molecule has 0 amide bonds. The van der Waals surface area contributed by atoms with Gasteiger partial charge in [-0.3, -0.25) is 4.68 Å². The fourth-order valence-electron chi connectivity index (χ4n) is 2.91. The van der Waals surface area contributed by atoms with Crippen LogP contribution in [0.3, 0.4) is 0 Å². The van der Waals surface area contributed by atoms with Crippen LogP contribution in [0, 0.1) is 6.92 Å². The Kier molecular flexibility index (Phi) is 2.66. The molecular formula is C13H16N4O2. The molecule has 1 fully saturated rings. The van der Waals surface area contributed by atoms with Crippen molar-refractivity contribution in [2.45, 2.75) is 25.8 Å². The maximum absolute atomic E-state index is 11.3. The Bertz CT molecular complexity index is 649. The molecule has 0 spiro atoms. The number of hydrogen-bond donors (Lipinski definition) is 1. The minimum atomic E-state index is -0.760. The Morgan fingerprint density at radius 3 is 3.05 bits per heavy atom. The number of carboxylic acid groups (broad SMARTS) is 1. The van der Waals surface area contributed by atoms with Crippen LogP contribution in [-0.4, -0.2) is 38.4 Å². The highest BCUT2D eigenvalue weighted by Crippen LogP contribution is 2.32. The van der Waals surface area contributed by atoms with E-state index in [0.717, 1.165) is 35.4 Å². The summed E-state index contributed by atoms with van der Waals surface area (Å²) in [5, 5.41) is 14.6. The number of aryl methyl sites for hydroxylation is 2. The Labute approximate surface area is 110 Å². The molecular weight excluding hydrogens is 244 g/mol. The Balaban J connectivity index is 2.17. The molecule has 0 aliphatic carbocycles. The Hall–Kier alpha value is -2.11. The second-order valence-corrected chi connectivity index (χ2v) is 4.93. The van der Waals surface area contributed by atoms with Gasteiger partial charge in [-0.15, -0.1) is 0 Å². The predicted octanol–water partition coefficient (Wildman–Crippen LogP) is 1.33. The smallest absolute Gasteiger partial charge is 0.326 e. The summed E-state index contributed by atoms with van der Waals surface area (Å²) in [7, 11) is 1.85. The van der Waals surface area contributed by atoms with Crippen LogP contribution >= 0.6 is 0 Å². The molecule has 2 aromatic rings. The molecule has 100 valence electrons. The predicted molar refractivity (Wildman–Crippen MR) is 71.2 cm³/mol. The molecule has 0 radical (unpaired) electrons. The van der Waals surface area contributed by atoms with Crippen molar-refractivity contribution in [1.29, 1.82) is 0 Å². The third-order valence-corrected chi connectivity index (χ3v) is 3.72. The molecule has 1 aliphatic heterocycles. The second kappa shape index (κ2) is 4.22. The molecule has 6 heteroatoms. The van der Waals surface area contributed by atoms with Gasteiger partial charge in [-0.2, -0.15) is 5.10 Å². The molecule has 3 heterocycles. The first-order valence-electron chi connectivity index (χ1n) is 6.37. The SMILES string of the molecule is Cc1nn(C)c2nccc(N3CCC[C@H]3C(=O)O)c12. The normalized spacial score (nSPS) is 19.3. The van der Waals surface area contributed by atoms with Crippen LogP contribution in [0.1, 0.15) is 18.5 Å². The van der Waals surface area contributed by atoms with Gasteiger partial charge in [0, 0.05) is 19.8 Å². The van der Waals surface area contributed by atoms with Crippen LogP contribution in [0.25, 0.3) is 11.0 Å². The largest absolute Gasteiger partial charge is 0.480 e. The molecule has 1 N–H and O–H groups in total. The number of hydrogen-bond acceptors (Lipinski definition) is 4. The molecule has 3 rings (SSSR count). The number of nitrogens with zero attached hydrogens (tertiary/aromatic N) is 4. The monoisotopic (exact) mass is 260 g/mol. The van der Waals surface area contributed by atoms with Gasteiger partial charge in [0.05, 0.1) is 16.8 Å². The van der Waals surface area contributed by atoms with Crippen LogP contribution < -0.4 is 4.90 Å². The van der Waals surface area contributed by atoms with Gasteiger partial charge in [-0.05, 0) is 25.8 Å². The van der Waals surface area contributed by atoms with E-state index in [-0.39, 0.29) is 0 Å². The van der Waals surface area contributed by atoms with Crippen LogP contribution in [0.5, 0.6) is 0 Å². The summed E-state index contributed by atoms with van der Waals surface area (Å²) in [5.41, 5.74) is 2.61. The van der Waals surface area contributed by atoms with Crippen molar-refractivity contribution in [3.8, 4) is 0 Å². The van der Waals surface area contributed by atoms with Gasteiger partial charge in [-0.1, -0.05) is 0 Å². The first-order chi connectivity index (χ1) is 9.09. The number of rotatable bonds is 2. The highest BCUT2D eigenvalue weighted by atomic mass is 16.4. The zero-order valence-corrected chi connectivity index (χ0v) is 11.0. The lowest BCUT2D eigenvalue weighted by molar-refractivity contribution is -0.138. The number of fused-ring (bicyclic) bond motifs is 1. The lowest BCUT2D eigenvalue weighted by Crippen LogP contribution is -2.36. The van der Waals surface area contributed by atoms with Crippen molar-refractivity contribution in [1.82, 2.24) is 14.8 Å². The summed E-state index contributed by atoms with van der Waals surface area (Å²) in [6.45, 7) is 2.70. The Morgan fingerprint density at radius 1 is 1.53 bits per heavy atom. The van der Waals surface area contributed by atoms with Gasteiger partial charge in [0.15, 0.2) is 5.65 Å². The summed E-state index contributed by atoms with van der Waals surface area (Å²) < 4.78 is 1.74. The van der Waals surface area contributed by atoms with E-state index in [0.29, 0.717) is 6.42 Å². The standard InChI is InChI=1S/C13H16N4O2/c1-8-11-9(5-6-14-12(11)16(2)15-8)17-7-3-4-10(17)13(18)19/h5-6,10H,3-4,7H2,1-2H3,(H,18,19)/t10-/m0/s1. The summed E-state index contributed by atoms with van der Waals surface area (Å²) in [6.07, 6.45) is 3.31. The van der Waals surface area contributed by atoms with Crippen molar-refractivity contribution in [2.24, 2.45) is 7.05 Å². The van der Waals surface area contributed by atoms with E-state index in [1.165, 1.54) is 0 Å². The van der Waals surface area contributed by atoms with Gasteiger partial charge in [0.1, 0.15) is 6.04 Å². The molecule has 2 aromatic heterocycles. The maximum atomic E-state index is 11.3. The fraction of sp³-hybridized carbons (Fsp3) is 0.462. The molecule has 0 unspecified atom stereocenters. The molecule has 0 saturated carbocycles. The van der Waals surface area contributed by atoms with E-state index in [4.69, 9.17) is 0 Å². The zero-order valence-electron chi connectivity index (χ0n) is 11.0. The van der Waals surface area contributed by atoms with E-state index in [2.05, 4.69) is 10.1 Å². The minimum absolute atomic E-state index is 0.440. The van der Waals surface area contributed by atoms with E-state index < -0.39 is 12.0 Å². The first kappa shape index (κ1) is 12.0. The zero-order chi connectivity index (χ0) is 13.6. The number of aromatic nitrogens is 3. The minimum Gasteiger partial charge on any atom is -0.480 e. The summed E-state index contributed by atoms with van der Waals surface area (Å²) in [4.78, 5) is 17.6. The van der Waals surface area contributed by atoms with Gasteiger partial charge in [0.2, 0.25) is 0 Å². The van der Waals surface area contributed by atoms with Crippen molar-refractivity contribution in [2.75, 3.05) is 11.4 Å². The summed E-state index contributed by atoms with van der Waals surface area (Å²) >= 11 is 0. The summed E-state index contributed by atoms with van der Waals surface area (Å²) in [6, 6.07) is 1.45. The van der Waals surface area contributed by atoms with E-state index in [1.807, 2.05) is 24.9 Å². The summed E-state index contributed by atoms with van der Waals surface area (Å²) in [5.74, 6) is -0.760. The van der Waals surface area contributed by atoms with Gasteiger partial charge >= 0.3 is 5.97 Å². The van der Waals surface area contributed by atoms with Crippen LogP contribution in [-0.2, 0) is 11.8 Å². The van der Waals surface area contributed by atoms with Gasteiger partial charge < -0.3 is 10.0 Å². The lowest BCUT2D eigenvalue weighted by Gasteiger charge is -2.24. The van der Waals surface area contributed by atoms with Gasteiger partial charge in [0.25, 0.3) is 0 Å². The second-order valence-electron chi connectivity index (χ2n) is 4.93. The average molecular weight is 260 g/mol. The molecule has 19 heavy (non-hydrogen) atoms. The molecule has 1 aliphatic rings. The van der Waals surface area contributed by atoms with E-state index >= 15 is 0 Å². The number of carboxylic acids is 1. The molecule has 0 bridgehead atoms. The quantitative estimate of drug-likeness (QED) is 0.882. The molecule has 1 saturated heterocycles. The van der Waals surface area contributed by atoms with Crippen molar-refractivity contribution >= 4 is 22.7 Å². The van der Waals surface area contributed by atoms with Crippen LogP contribution in [0.2, 0.25) is 0 Å². The number of pyridine rings is 1. The van der Waals surface area contributed by atoms with Gasteiger partial charge in [-0.25, -0.2) is 9.78 Å². The Morgan fingerprint density at radius 2 is 2.32 bits per heavy atom. The van der Waals surface area contributed by atoms with E-state index in [9.17, 15) is 9.90 Å². The van der Waals surface area contributed by atoms with Crippen molar-refractivity contribution in [3.05, 3.63) is 18.0 Å². The van der Waals surface area contributed by atoms with E-state index in [1.54, 1.807) is 10.9 Å². The molecule has 6 nitrogen and oxygen atoms in total. The fourth-order valence-corrected chi connectivity index (χ4v) is 2.91. The van der Waals surface area contributed by atoms with Crippen molar-refractivity contribution < 1.29 is 9.90 Å². The third kappa shape index (κ3) is 1.75. The van der Waals surface area contributed by atoms with Crippen LogP contribution in [0.4, 0.5) is 5.69 Å². The van der Waals surface area contributed by atoms with Crippen LogP contribution in [0.15, 0.2) is 12.3 Å². The molecule has 1 atom stereocenters. The number of aliphatic carboxylic acids is 1. The lowest BCUT2D eigenvalue weighted by atomic mass is 10.2. The average Bonchev–Trinajstić information content (AvgIpc) is 2.96. The highest BCUT2D eigenvalue weighted by Gasteiger charge is 2.32. The maximum Gasteiger partial charge on any atom is 0.326 e. The molecule has 0 aromatic carbocycles. The third-order valence-electron chi connectivity index (χ3n) is 3.72. The highest BCUT2D eigenvalue weighted by molar-refractivity contribution is 5.94. The number of carbonyl (C=O) groups is 1. The topological polar surface area (TPSA) is 71.2 Å². The number of anilines is 1. The van der Waals surface area contributed by atoms with Crippen molar-refractivity contribution in [3.63, 3.8) is 0 Å².